The minimum absolute atomic E-state index is 0.813. The van der Waals surface area contributed by atoms with Gasteiger partial charge in [-0.15, -0.1) is 0 Å². The van der Waals surface area contributed by atoms with E-state index >= 15 is 0 Å². The molecule has 2 N–H and O–H groups in total. The first-order valence-corrected chi connectivity index (χ1v) is 5.75. The SMILES string of the molecule is COCCNCCCNCC1CC1C. The molecule has 0 radical (unpaired) electrons. The van der Waals surface area contributed by atoms with Gasteiger partial charge >= 0.3 is 0 Å². The maximum Gasteiger partial charge on any atom is 0.0587 e. The molecule has 1 rings (SSSR count). The van der Waals surface area contributed by atoms with E-state index in [1.54, 1.807) is 7.11 Å². The first-order chi connectivity index (χ1) is 6.84. The van der Waals surface area contributed by atoms with Gasteiger partial charge in [-0.05, 0) is 44.3 Å². The normalized spacial score (nSPS) is 25.3. The monoisotopic (exact) mass is 200 g/mol. The third-order valence-electron chi connectivity index (χ3n) is 2.87. The quantitative estimate of drug-likeness (QED) is 0.542. The highest BCUT2D eigenvalue weighted by atomic mass is 16.5. The van der Waals surface area contributed by atoms with Gasteiger partial charge in [0, 0.05) is 13.7 Å². The molecular formula is C11H24N2O. The van der Waals surface area contributed by atoms with Crippen LogP contribution in [0.25, 0.3) is 0 Å². The molecule has 14 heavy (non-hydrogen) atoms. The minimum Gasteiger partial charge on any atom is -0.383 e. The van der Waals surface area contributed by atoms with E-state index in [1.807, 2.05) is 0 Å². The number of nitrogens with one attached hydrogen (secondary N) is 2. The number of methoxy groups -OCH3 is 1. The molecule has 2 atom stereocenters. The van der Waals surface area contributed by atoms with Gasteiger partial charge < -0.3 is 15.4 Å². The van der Waals surface area contributed by atoms with Gasteiger partial charge in [0.1, 0.15) is 0 Å². The van der Waals surface area contributed by atoms with Crippen molar-refractivity contribution < 1.29 is 4.74 Å². The lowest BCUT2D eigenvalue weighted by molar-refractivity contribution is 0.199. The second-order valence-electron chi connectivity index (χ2n) is 4.27. The summed E-state index contributed by atoms with van der Waals surface area (Å²) >= 11 is 0. The Hall–Kier alpha value is -0.120. The zero-order chi connectivity index (χ0) is 10.2. The Kier molecular flexibility index (Phi) is 6.15. The van der Waals surface area contributed by atoms with Crippen LogP contribution in [0, 0.1) is 11.8 Å². The maximum atomic E-state index is 4.94. The van der Waals surface area contributed by atoms with Crippen LogP contribution in [0.1, 0.15) is 19.8 Å². The summed E-state index contributed by atoms with van der Waals surface area (Å²) in [5.74, 6) is 1.94. The zero-order valence-corrected chi connectivity index (χ0v) is 9.51. The fourth-order valence-electron chi connectivity index (χ4n) is 1.61. The molecule has 0 aromatic heterocycles. The summed E-state index contributed by atoms with van der Waals surface area (Å²) in [5.41, 5.74) is 0. The summed E-state index contributed by atoms with van der Waals surface area (Å²) in [6.07, 6.45) is 2.64. The van der Waals surface area contributed by atoms with E-state index in [9.17, 15) is 0 Å². The first-order valence-electron chi connectivity index (χ1n) is 5.75. The van der Waals surface area contributed by atoms with Crippen molar-refractivity contribution in [3.05, 3.63) is 0 Å². The molecular weight excluding hydrogens is 176 g/mol. The van der Waals surface area contributed by atoms with Gasteiger partial charge in [-0.25, -0.2) is 0 Å². The van der Waals surface area contributed by atoms with Gasteiger partial charge in [-0.2, -0.15) is 0 Å². The van der Waals surface area contributed by atoms with Crippen molar-refractivity contribution in [2.75, 3.05) is 39.9 Å². The number of rotatable bonds is 9. The zero-order valence-electron chi connectivity index (χ0n) is 9.51. The molecule has 2 unspecified atom stereocenters. The third-order valence-corrected chi connectivity index (χ3v) is 2.87. The standard InChI is InChI=1S/C11H24N2O/c1-10-8-11(10)9-13-5-3-4-12-6-7-14-2/h10-13H,3-9H2,1-2H3. The summed E-state index contributed by atoms with van der Waals surface area (Å²) in [6, 6.07) is 0. The Labute approximate surface area is 87.6 Å². The molecule has 84 valence electrons. The lowest BCUT2D eigenvalue weighted by Gasteiger charge is -2.05. The van der Waals surface area contributed by atoms with Gasteiger partial charge in [0.25, 0.3) is 0 Å². The Morgan fingerprint density at radius 3 is 2.57 bits per heavy atom. The molecule has 0 aromatic carbocycles. The number of hydrogen-bond donors (Lipinski definition) is 2. The lowest BCUT2D eigenvalue weighted by atomic mass is 10.3. The van der Waals surface area contributed by atoms with E-state index in [-0.39, 0.29) is 0 Å². The van der Waals surface area contributed by atoms with E-state index in [0.717, 1.165) is 38.1 Å². The van der Waals surface area contributed by atoms with Crippen LogP contribution in [0.3, 0.4) is 0 Å². The van der Waals surface area contributed by atoms with Crippen LogP contribution in [0.5, 0.6) is 0 Å². The van der Waals surface area contributed by atoms with Gasteiger partial charge in [-0.3, -0.25) is 0 Å². The molecule has 0 bridgehead atoms. The maximum absolute atomic E-state index is 4.94. The molecule has 3 heteroatoms. The molecule has 0 aliphatic heterocycles. The van der Waals surface area contributed by atoms with Crippen molar-refractivity contribution in [2.45, 2.75) is 19.8 Å². The van der Waals surface area contributed by atoms with Crippen molar-refractivity contribution in [2.24, 2.45) is 11.8 Å². The topological polar surface area (TPSA) is 33.3 Å². The van der Waals surface area contributed by atoms with E-state index in [1.165, 1.54) is 19.4 Å². The van der Waals surface area contributed by atoms with Crippen LogP contribution in [-0.4, -0.2) is 39.9 Å². The van der Waals surface area contributed by atoms with Gasteiger partial charge in [0.2, 0.25) is 0 Å². The lowest BCUT2D eigenvalue weighted by Crippen LogP contribution is -2.25. The van der Waals surface area contributed by atoms with Crippen LogP contribution in [0.15, 0.2) is 0 Å². The molecule has 1 aliphatic carbocycles. The Morgan fingerprint density at radius 1 is 1.21 bits per heavy atom. The fourth-order valence-corrected chi connectivity index (χ4v) is 1.61. The highest BCUT2D eigenvalue weighted by Gasteiger charge is 2.31. The second-order valence-corrected chi connectivity index (χ2v) is 4.27. The Bertz CT molecular complexity index is 141. The fraction of sp³-hybridized carbons (Fsp3) is 1.00. The van der Waals surface area contributed by atoms with E-state index in [2.05, 4.69) is 17.6 Å². The van der Waals surface area contributed by atoms with Gasteiger partial charge in [0.05, 0.1) is 6.61 Å². The van der Waals surface area contributed by atoms with Crippen LogP contribution in [-0.2, 0) is 4.74 Å². The largest absolute Gasteiger partial charge is 0.383 e. The average Bonchev–Trinajstić information content (AvgIpc) is 2.87. The predicted molar refractivity (Wildman–Crippen MR) is 59.5 cm³/mol. The summed E-state index contributed by atoms with van der Waals surface area (Å²) < 4.78 is 4.94. The minimum atomic E-state index is 0.813. The number of hydrogen-bond acceptors (Lipinski definition) is 3. The van der Waals surface area contributed by atoms with E-state index in [0.29, 0.717) is 0 Å². The van der Waals surface area contributed by atoms with E-state index < -0.39 is 0 Å². The molecule has 0 amide bonds. The van der Waals surface area contributed by atoms with Crippen LogP contribution in [0.2, 0.25) is 0 Å². The predicted octanol–water partition coefficient (Wildman–Crippen LogP) is 0.858. The van der Waals surface area contributed by atoms with Crippen molar-refractivity contribution in [3.8, 4) is 0 Å². The second kappa shape index (κ2) is 7.21. The summed E-state index contributed by atoms with van der Waals surface area (Å²) in [5, 5.41) is 6.83. The summed E-state index contributed by atoms with van der Waals surface area (Å²) in [4.78, 5) is 0. The Balaban J connectivity index is 1.68. The van der Waals surface area contributed by atoms with Crippen LogP contribution in [0.4, 0.5) is 0 Å². The summed E-state index contributed by atoms with van der Waals surface area (Å²) in [6.45, 7) is 7.57. The van der Waals surface area contributed by atoms with Gasteiger partial charge in [-0.1, -0.05) is 6.92 Å². The Morgan fingerprint density at radius 2 is 1.93 bits per heavy atom. The van der Waals surface area contributed by atoms with Gasteiger partial charge in [0.15, 0.2) is 0 Å². The molecule has 1 fully saturated rings. The molecule has 3 nitrogen and oxygen atoms in total. The van der Waals surface area contributed by atoms with Crippen molar-refractivity contribution in [3.63, 3.8) is 0 Å². The van der Waals surface area contributed by atoms with Crippen molar-refractivity contribution in [1.82, 2.24) is 10.6 Å². The summed E-state index contributed by atoms with van der Waals surface area (Å²) in [7, 11) is 1.74. The molecule has 0 aromatic rings. The molecule has 0 spiro atoms. The molecule has 1 aliphatic rings. The van der Waals surface area contributed by atoms with E-state index in [4.69, 9.17) is 4.74 Å². The molecule has 0 heterocycles. The first kappa shape index (κ1) is 12.0. The van der Waals surface area contributed by atoms with Crippen LogP contribution >= 0.6 is 0 Å². The third kappa shape index (κ3) is 5.58. The average molecular weight is 200 g/mol. The highest BCUT2D eigenvalue weighted by Crippen LogP contribution is 2.36. The van der Waals surface area contributed by atoms with Crippen molar-refractivity contribution >= 4 is 0 Å². The van der Waals surface area contributed by atoms with Crippen LogP contribution < -0.4 is 10.6 Å². The molecule has 0 saturated heterocycles. The molecule has 1 saturated carbocycles. The van der Waals surface area contributed by atoms with Crippen molar-refractivity contribution in [1.29, 1.82) is 0 Å². The smallest absolute Gasteiger partial charge is 0.0587 e. The highest BCUT2D eigenvalue weighted by molar-refractivity contribution is 4.83. The number of ether oxygens (including phenoxy) is 1.